The molecular weight excluding hydrogens is 170 g/mol. The summed E-state index contributed by atoms with van der Waals surface area (Å²) in [7, 11) is 0. The summed E-state index contributed by atoms with van der Waals surface area (Å²) in [6.45, 7) is 10.7. The van der Waals surface area contributed by atoms with E-state index in [0.29, 0.717) is 5.02 Å². The van der Waals surface area contributed by atoms with Crippen molar-refractivity contribution in [3.05, 3.63) is 45.8 Å². The quantitative estimate of drug-likeness (QED) is 0.580. The number of nitrogens with zero attached hydrogens (tertiary/aromatic N) is 1. The van der Waals surface area contributed by atoms with Crippen molar-refractivity contribution in [3.63, 3.8) is 0 Å². The Labute approximate surface area is 77.8 Å². The summed E-state index contributed by atoms with van der Waals surface area (Å²) in [4.78, 5) is 3.45. The fraction of sp³-hybridized carbons (Fsp3) is 0.300. The lowest BCUT2D eigenvalue weighted by Gasteiger charge is -2.05. The first-order valence-electron chi connectivity index (χ1n) is 3.78. The van der Waals surface area contributed by atoms with Crippen molar-refractivity contribution in [2.45, 2.75) is 19.9 Å². The summed E-state index contributed by atoms with van der Waals surface area (Å²) >= 11 is 5.96. The predicted molar refractivity (Wildman–Crippen MR) is 51.2 cm³/mol. The van der Waals surface area contributed by atoms with Crippen molar-refractivity contribution in [1.29, 1.82) is 0 Å². The van der Waals surface area contributed by atoms with Gasteiger partial charge >= 0.3 is 0 Å². The van der Waals surface area contributed by atoms with Gasteiger partial charge in [-0.3, -0.25) is 0 Å². The molecule has 0 fully saturated rings. The Kier molecular flexibility index (Phi) is 2.73. The Bertz CT molecular complexity index is 305. The number of benzene rings is 1. The van der Waals surface area contributed by atoms with Crippen LogP contribution >= 0.6 is 11.6 Å². The van der Waals surface area contributed by atoms with Gasteiger partial charge in [0.05, 0.1) is 10.6 Å². The highest BCUT2D eigenvalue weighted by Gasteiger charge is 2.14. The SMILES string of the molecule is [C-]#[N+]C(C)c1c(C)cccc1Cl. The molecule has 0 heterocycles. The molecule has 0 bridgehead atoms. The van der Waals surface area contributed by atoms with Gasteiger partial charge < -0.3 is 4.85 Å². The molecule has 0 amide bonds. The molecular formula is C10H10ClN. The van der Waals surface area contributed by atoms with Gasteiger partial charge in [0.2, 0.25) is 6.04 Å². The standard InChI is InChI=1S/C10H10ClN/c1-7-5-4-6-9(11)10(7)8(2)12-3/h4-6,8H,1-2H3. The van der Waals surface area contributed by atoms with E-state index in [-0.39, 0.29) is 6.04 Å². The van der Waals surface area contributed by atoms with E-state index in [0.717, 1.165) is 11.1 Å². The van der Waals surface area contributed by atoms with Crippen LogP contribution in [0.1, 0.15) is 24.1 Å². The van der Waals surface area contributed by atoms with Crippen molar-refractivity contribution in [2.75, 3.05) is 0 Å². The van der Waals surface area contributed by atoms with E-state index in [9.17, 15) is 0 Å². The molecule has 0 aliphatic heterocycles. The molecule has 0 spiro atoms. The Hall–Kier alpha value is -1.00. The van der Waals surface area contributed by atoms with E-state index in [1.54, 1.807) is 0 Å². The first-order chi connectivity index (χ1) is 5.66. The number of hydrogen-bond acceptors (Lipinski definition) is 0. The molecule has 1 atom stereocenters. The second-order valence-electron chi connectivity index (χ2n) is 2.78. The van der Waals surface area contributed by atoms with Crippen LogP contribution in [0.5, 0.6) is 0 Å². The summed E-state index contributed by atoms with van der Waals surface area (Å²) in [6.07, 6.45) is 0. The molecule has 1 rings (SSSR count). The van der Waals surface area contributed by atoms with Gasteiger partial charge in [0.25, 0.3) is 0 Å². The summed E-state index contributed by atoms with van der Waals surface area (Å²) in [5.74, 6) is 0. The van der Waals surface area contributed by atoms with Crippen LogP contribution in [-0.2, 0) is 0 Å². The van der Waals surface area contributed by atoms with E-state index in [4.69, 9.17) is 18.2 Å². The Balaban J connectivity index is 3.23. The van der Waals surface area contributed by atoms with E-state index in [1.165, 1.54) is 0 Å². The molecule has 0 aromatic heterocycles. The second-order valence-corrected chi connectivity index (χ2v) is 3.18. The van der Waals surface area contributed by atoms with Gasteiger partial charge in [-0.25, -0.2) is 6.57 Å². The predicted octanol–water partition coefficient (Wildman–Crippen LogP) is 3.63. The maximum atomic E-state index is 6.91. The lowest BCUT2D eigenvalue weighted by molar-refractivity contribution is 0.947. The second kappa shape index (κ2) is 3.60. The van der Waals surface area contributed by atoms with E-state index >= 15 is 0 Å². The molecule has 0 radical (unpaired) electrons. The van der Waals surface area contributed by atoms with Gasteiger partial charge in [-0.05, 0) is 18.6 Å². The minimum Gasteiger partial charge on any atom is -0.309 e. The first-order valence-corrected chi connectivity index (χ1v) is 4.16. The van der Waals surface area contributed by atoms with Crippen molar-refractivity contribution in [3.8, 4) is 0 Å². The van der Waals surface area contributed by atoms with Crippen molar-refractivity contribution >= 4 is 11.6 Å². The van der Waals surface area contributed by atoms with Crippen molar-refractivity contribution in [2.24, 2.45) is 0 Å². The van der Waals surface area contributed by atoms with Crippen molar-refractivity contribution < 1.29 is 0 Å². The Morgan fingerprint density at radius 1 is 1.50 bits per heavy atom. The van der Waals surface area contributed by atoms with Crippen LogP contribution in [0, 0.1) is 13.5 Å². The molecule has 0 aliphatic rings. The third kappa shape index (κ3) is 1.60. The van der Waals surface area contributed by atoms with Crippen molar-refractivity contribution in [1.82, 2.24) is 0 Å². The van der Waals surface area contributed by atoms with Gasteiger partial charge in [0.15, 0.2) is 0 Å². The summed E-state index contributed by atoms with van der Waals surface area (Å²) < 4.78 is 0. The fourth-order valence-electron chi connectivity index (χ4n) is 1.24. The van der Waals surface area contributed by atoms with Crippen LogP contribution in [0.2, 0.25) is 5.02 Å². The molecule has 1 aromatic rings. The third-order valence-electron chi connectivity index (χ3n) is 1.88. The van der Waals surface area contributed by atoms with Gasteiger partial charge in [-0.1, -0.05) is 23.7 Å². The molecule has 0 saturated heterocycles. The largest absolute Gasteiger partial charge is 0.309 e. The summed E-state index contributed by atoms with van der Waals surface area (Å²) in [5.41, 5.74) is 2.04. The van der Waals surface area contributed by atoms with Gasteiger partial charge in [-0.2, -0.15) is 0 Å². The number of aryl methyl sites for hydroxylation is 1. The van der Waals surface area contributed by atoms with Crippen LogP contribution in [0.3, 0.4) is 0 Å². The molecule has 2 heteroatoms. The molecule has 62 valence electrons. The van der Waals surface area contributed by atoms with Crippen LogP contribution in [0.15, 0.2) is 18.2 Å². The number of hydrogen-bond donors (Lipinski definition) is 0. The molecule has 1 aromatic carbocycles. The lowest BCUT2D eigenvalue weighted by atomic mass is 10.0. The van der Waals surface area contributed by atoms with Gasteiger partial charge in [0.1, 0.15) is 0 Å². The zero-order chi connectivity index (χ0) is 9.14. The van der Waals surface area contributed by atoms with E-state index < -0.39 is 0 Å². The average molecular weight is 180 g/mol. The minimum atomic E-state index is -0.140. The maximum absolute atomic E-state index is 6.91. The lowest BCUT2D eigenvalue weighted by Crippen LogP contribution is -1.92. The molecule has 12 heavy (non-hydrogen) atoms. The molecule has 1 nitrogen and oxygen atoms in total. The first kappa shape index (κ1) is 9.09. The zero-order valence-corrected chi connectivity index (χ0v) is 7.89. The molecule has 0 saturated carbocycles. The molecule has 0 aliphatic carbocycles. The Morgan fingerprint density at radius 2 is 2.17 bits per heavy atom. The van der Waals surface area contributed by atoms with Crippen LogP contribution in [0.4, 0.5) is 0 Å². The fourth-order valence-corrected chi connectivity index (χ4v) is 1.62. The molecule has 1 unspecified atom stereocenters. The summed E-state index contributed by atoms with van der Waals surface area (Å²) in [5, 5.41) is 0.693. The molecule has 0 N–H and O–H groups in total. The highest BCUT2D eigenvalue weighted by Crippen LogP contribution is 2.28. The monoisotopic (exact) mass is 179 g/mol. The van der Waals surface area contributed by atoms with E-state index in [1.807, 2.05) is 32.0 Å². The average Bonchev–Trinajstić information content (AvgIpc) is 2.03. The highest BCUT2D eigenvalue weighted by molar-refractivity contribution is 6.31. The number of rotatable bonds is 1. The minimum absolute atomic E-state index is 0.140. The summed E-state index contributed by atoms with van der Waals surface area (Å²) in [6, 6.07) is 5.56. The van der Waals surface area contributed by atoms with Crippen LogP contribution in [0.25, 0.3) is 4.85 Å². The topological polar surface area (TPSA) is 4.36 Å². The smallest absolute Gasteiger partial charge is 0.247 e. The van der Waals surface area contributed by atoms with Gasteiger partial charge in [-0.15, -0.1) is 0 Å². The van der Waals surface area contributed by atoms with Gasteiger partial charge in [0, 0.05) is 6.92 Å². The van der Waals surface area contributed by atoms with Crippen LogP contribution in [-0.4, -0.2) is 0 Å². The number of halogens is 1. The third-order valence-corrected chi connectivity index (χ3v) is 2.21. The Morgan fingerprint density at radius 3 is 2.67 bits per heavy atom. The van der Waals surface area contributed by atoms with E-state index in [2.05, 4.69) is 4.85 Å². The normalized spacial score (nSPS) is 12.2. The maximum Gasteiger partial charge on any atom is 0.247 e. The van der Waals surface area contributed by atoms with Crippen LogP contribution < -0.4 is 0 Å². The highest BCUT2D eigenvalue weighted by atomic mass is 35.5. The zero-order valence-electron chi connectivity index (χ0n) is 7.13.